The number of halogens is 2. The highest BCUT2D eigenvalue weighted by molar-refractivity contribution is 6.33. The summed E-state index contributed by atoms with van der Waals surface area (Å²) in [7, 11) is 1.46. The summed E-state index contributed by atoms with van der Waals surface area (Å²) in [6.45, 7) is 8.60. The molecule has 0 saturated heterocycles. The van der Waals surface area contributed by atoms with E-state index in [2.05, 4.69) is 20.3 Å². The van der Waals surface area contributed by atoms with Crippen LogP contribution in [0.4, 0.5) is 14.0 Å². The summed E-state index contributed by atoms with van der Waals surface area (Å²) in [6, 6.07) is 10.4. The maximum Gasteiger partial charge on any atom is 0.417 e. The summed E-state index contributed by atoms with van der Waals surface area (Å²) in [5.41, 5.74) is 1.15. The lowest BCUT2D eigenvalue weighted by Gasteiger charge is -2.26. The third kappa shape index (κ3) is 8.36. The Morgan fingerprint density at radius 1 is 0.976 bits per heavy atom. The second-order valence-electron chi connectivity index (χ2n) is 11.6. The Morgan fingerprint density at radius 3 is 2.32 bits per heavy atom. The van der Waals surface area contributed by atoms with Gasteiger partial charge in [-0.3, -0.25) is 0 Å². The number of carbonyl (C=O) groups is 2. The molecule has 0 bridgehead atoms. The van der Waals surface area contributed by atoms with Gasteiger partial charge >= 0.3 is 18.2 Å². The molecule has 1 N–H and O–H groups in total. The predicted octanol–water partition coefficient (Wildman–Crippen LogP) is 7.26. The molecule has 0 radical (unpaired) electrons. The summed E-state index contributed by atoms with van der Waals surface area (Å²) < 4.78 is 30.3. The number of imide groups is 1. The minimum absolute atomic E-state index is 0.106. The van der Waals surface area contributed by atoms with Crippen LogP contribution in [-0.2, 0) is 15.9 Å². The van der Waals surface area contributed by atoms with Gasteiger partial charge in [0.25, 0.3) is 0 Å². The van der Waals surface area contributed by atoms with E-state index in [-0.39, 0.29) is 17.7 Å². The fourth-order valence-corrected chi connectivity index (χ4v) is 4.35. The highest BCUT2D eigenvalue weighted by atomic mass is 35.5. The predicted molar refractivity (Wildman–Crippen MR) is 152 cm³/mol. The molecule has 0 aliphatic heterocycles. The van der Waals surface area contributed by atoms with E-state index in [9.17, 15) is 14.0 Å². The number of carbonyl (C=O) groups excluding carboxylic acids is 2. The lowest BCUT2D eigenvalue weighted by molar-refractivity contribution is 0.0238. The largest absolute Gasteiger partial charge is 0.467 e. The number of benzene rings is 2. The zero-order valence-corrected chi connectivity index (χ0v) is 24.8. The first-order valence-corrected chi connectivity index (χ1v) is 13.7. The van der Waals surface area contributed by atoms with Crippen molar-refractivity contribution >= 4 is 23.8 Å². The second kappa shape index (κ2) is 12.0. The van der Waals surface area contributed by atoms with Gasteiger partial charge in [-0.2, -0.15) is 9.97 Å². The molecule has 1 heterocycles. The van der Waals surface area contributed by atoms with Gasteiger partial charge in [-0.1, -0.05) is 17.7 Å². The molecular formula is C30H34ClFN4O5. The van der Waals surface area contributed by atoms with E-state index in [0.29, 0.717) is 46.2 Å². The third-order valence-corrected chi connectivity index (χ3v) is 6.66. The van der Waals surface area contributed by atoms with Crippen LogP contribution in [0.25, 0.3) is 22.8 Å². The number of aromatic nitrogens is 3. The summed E-state index contributed by atoms with van der Waals surface area (Å²) in [5.74, 6) is 0.646. The van der Waals surface area contributed by atoms with Crippen molar-refractivity contribution in [2.24, 2.45) is 0 Å². The van der Waals surface area contributed by atoms with Crippen LogP contribution in [0.1, 0.15) is 70.9 Å². The number of hydrogen-bond donors (Lipinski definition) is 1. The number of nitrogens with one attached hydrogen (secondary N) is 1. The van der Waals surface area contributed by atoms with Crippen molar-refractivity contribution in [2.75, 3.05) is 7.11 Å². The molecule has 0 unspecified atom stereocenters. The number of alkyl carbamates (subject to hydrolysis) is 2. The molecule has 2 aromatic carbocycles. The van der Waals surface area contributed by atoms with Crippen molar-refractivity contribution < 1.29 is 28.2 Å². The molecule has 1 fully saturated rings. The Balaban J connectivity index is 1.51. The average molecular weight is 585 g/mol. The van der Waals surface area contributed by atoms with Crippen molar-refractivity contribution in [2.45, 2.75) is 77.4 Å². The molecule has 41 heavy (non-hydrogen) atoms. The molecule has 218 valence electrons. The van der Waals surface area contributed by atoms with Gasteiger partial charge in [0.15, 0.2) is 11.6 Å². The summed E-state index contributed by atoms with van der Waals surface area (Å²) in [4.78, 5) is 37.6. The molecule has 0 spiro atoms. The van der Waals surface area contributed by atoms with Gasteiger partial charge in [-0.05, 0) is 108 Å². The first kappa shape index (κ1) is 30.2. The Hall–Kier alpha value is -3.79. The van der Waals surface area contributed by atoms with Gasteiger partial charge in [-0.15, -0.1) is 0 Å². The van der Waals surface area contributed by atoms with Gasteiger partial charge in [0.1, 0.15) is 17.0 Å². The molecule has 2 amide bonds. The zero-order chi connectivity index (χ0) is 29.9. The number of ether oxygens (including phenoxy) is 3. The molecule has 11 heteroatoms. The van der Waals surface area contributed by atoms with Gasteiger partial charge in [-0.25, -0.2) is 24.3 Å². The molecule has 1 aliphatic rings. The number of methoxy groups -OCH3 is 1. The summed E-state index contributed by atoms with van der Waals surface area (Å²) in [6.07, 6.45) is 1.12. The quantitative estimate of drug-likeness (QED) is 0.294. The standard InChI is InChI=1S/C30H34ClFN4O5/c1-29(2,3)40-27(37)36-28(38)41-30(4,5)14-13-17-7-11-22(31)21(15-17)25-33-24(34-26(35-25)39-6)19-10-12-23(32)20(16-19)18-8-9-18/h7,10-12,15-16,18H,8-9,13-14H2,1-6H3,(H,36,37,38). The van der Waals surface area contributed by atoms with Crippen LogP contribution in [-0.4, -0.2) is 45.5 Å². The minimum atomic E-state index is -0.892. The SMILES string of the molecule is COc1nc(-c2ccc(F)c(C3CC3)c2)nc(-c2cc(CCC(C)(C)OC(=O)NC(=O)OC(C)(C)C)ccc2Cl)n1. The van der Waals surface area contributed by atoms with E-state index in [4.69, 9.17) is 25.8 Å². The van der Waals surface area contributed by atoms with E-state index >= 15 is 0 Å². The maximum atomic E-state index is 14.4. The van der Waals surface area contributed by atoms with E-state index in [1.807, 2.05) is 12.1 Å². The highest BCUT2D eigenvalue weighted by Gasteiger charge is 2.28. The normalized spacial score (nSPS) is 13.5. The molecular weight excluding hydrogens is 551 g/mol. The van der Waals surface area contributed by atoms with Crippen molar-refractivity contribution in [3.05, 3.63) is 58.4 Å². The number of aryl methyl sites for hydroxylation is 1. The lowest BCUT2D eigenvalue weighted by Crippen LogP contribution is -2.40. The number of amides is 2. The van der Waals surface area contributed by atoms with Crippen LogP contribution in [0.3, 0.4) is 0 Å². The average Bonchev–Trinajstić information content (AvgIpc) is 3.72. The number of hydrogen-bond acceptors (Lipinski definition) is 8. The molecule has 0 atom stereocenters. The lowest BCUT2D eigenvalue weighted by atomic mass is 9.97. The Labute approximate surface area is 243 Å². The molecule has 4 rings (SSSR count). The van der Waals surface area contributed by atoms with Crippen LogP contribution >= 0.6 is 11.6 Å². The van der Waals surface area contributed by atoms with Crippen LogP contribution in [0.15, 0.2) is 36.4 Å². The molecule has 9 nitrogen and oxygen atoms in total. The van der Waals surface area contributed by atoms with Gasteiger partial charge in [0, 0.05) is 11.1 Å². The van der Waals surface area contributed by atoms with Crippen molar-refractivity contribution in [1.29, 1.82) is 0 Å². The van der Waals surface area contributed by atoms with Crippen LogP contribution in [0.5, 0.6) is 6.01 Å². The van der Waals surface area contributed by atoms with Gasteiger partial charge < -0.3 is 14.2 Å². The Kier molecular flexibility index (Phi) is 8.82. The highest BCUT2D eigenvalue weighted by Crippen LogP contribution is 2.42. The molecule has 1 aromatic heterocycles. The van der Waals surface area contributed by atoms with E-state index in [1.54, 1.807) is 52.8 Å². The van der Waals surface area contributed by atoms with Crippen molar-refractivity contribution in [3.8, 4) is 28.8 Å². The molecule has 3 aromatic rings. The van der Waals surface area contributed by atoms with Crippen molar-refractivity contribution in [1.82, 2.24) is 20.3 Å². The Bertz CT molecular complexity index is 1450. The Morgan fingerprint density at radius 2 is 1.66 bits per heavy atom. The number of nitrogens with zero attached hydrogens (tertiary/aromatic N) is 3. The van der Waals surface area contributed by atoms with Crippen LogP contribution in [0, 0.1) is 5.82 Å². The summed E-state index contributed by atoms with van der Waals surface area (Å²) >= 11 is 6.56. The fraction of sp³-hybridized carbons (Fsp3) is 0.433. The van der Waals surface area contributed by atoms with Crippen LogP contribution < -0.4 is 10.1 Å². The fourth-order valence-electron chi connectivity index (χ4n) is 4.15. The second-order valence-corrected chi connectivity index (χ2v) is 12.0. The summed E-state index contributed by atoms with van der Waals surface area (Å²) in [5, 5.41) is 2.51. The zero-order valence-electron chi connectivity index (χ0n) is 24.0. The minimum Gasteiger partial charge on any atom is -0.467 e. The van der Waals surface area contributed by atoms with Crippen LogP contribution in [0.2, 0.25) is 5.02 Å². The first-order chi connectivity index (χ1) is 19.2. The van der Waals surface area contributed by atoms with E-state index < -0.39 is 23.4 Å². The third-order valence-electron chi connectivity index (χ3n) is 6.33. The van der Waals surface area contributed by atoms with Gasteiger partial charge in [0.05, 0.1) is 12.1 Å². The van der Waals surface area contributed by atoms with E-state index in [0.717, 1.165) is 18.4 Å². The first-order valence-electron chi connectivity index (χ1n) is 13.3. The number of rotatable bonds is 8. The van der Waals surface area contributed by atoms with Crippen molar-refractivity contribution in [3.63, 3.8) is 0 Å². The molecule has 1 saturated carbocycles. The molecule has 1 aliphatic carbocycles. The monoisotopic (exact) mass is 584 g/mol. The van der Waals surface area contributed by atoms with Gasteiger partial charge in [0.2, 0.25) is 0 Å². The van der Waals surface area contributed by atoms with E-state index in [1.165, 1.54) is 13.2 Å². The topological polar surface area (TPSA) is 113 Å². The maximum absolute atomic E-state index is 14.4. The smallest absolute Gasteiger partial charge is 0.417 e.